The Bertz CT molecular complexity index is 1190. The average molecular weight is 891 g/mol. The molecule has 0 aromatic rings. The van der Waals surface area contributed by atoms with Crippen molar-refractivity contribution in [3.8, 4) is 0 Å². The van der Waals surface area contributed by atoms with Gasteiger partial charge >= 0.3 is 11.9 Å². The van der Waals surface area contributed by atoms with Gasteiger partial charge in [-0.2, -0.15) is 0 Å². The van der Waals surface area contributed by atoms with Gasteiger partial charge in [-0.3, -0.25) is 9.59 Å². The summed E-state index contributed by atoms with van der Waals surface area (Å²) in [5.41, 5.74) is 0. The highest BCUT2D eigenvalue weighted by molar-refractivity contribution is 5.70. The first-order chi connectivity index (χ1) is 31.6. The molecule has 0 heterocycles. The lowest BCUT2D eigenvalue weighted by molar-refractivity contribution is -0.162. The van der Waals surface area contributed by atoms with E-state index in [9.17, 15) is 9.59 Å². The quantitative estimate of drug-likeness (QED) is 0.0346. The second-order valence-corrected chi connectivity index (χ2v) is 17.8. The van der Waals surface area contributed by atoms with E-state index in [1.165, 1.54) is 128 Å². The summed E-state index contributed by atoms with van der Waals surface area (Å²) in [7, 11) is 0. The molecular weight excluding hydrogens is 789 g/mol. The standard InChI is InChI=1S/C59H102O5/c1-4-7-10-13-16-19-22-25-27-29-30-31-32-35-37-40-43-46-49-52-58(60)63-56-57(64-59(61)53-50-47-44-41-38-34-24-21-18-15-12-9-6-3)55-62-54-51-48-45-42-39-36-33-28-26-23-20-17-14-11-8-5-2/h8,11-12,15,17,20-21,24,26,28,36,39,45,48,57H,4-7,9-10,13-14,16,18-19,22-23,25,27,29-35,37-38,40-44,46-47,49-56H2,1-3H3/b11-8-,15-12-,20-17-,24-21-,28-26-,39-36-,48-45-. The Morgan fingerprint density at radius 3 is 1.19 bits per heavy atom. The molecule has 0 bridgehead atoms. The van der Waals surface area contributed by atoms with Crippen molar-refractivity contribution in [2.45, 2.75) is 258 Å². The summed E-state index contributed by atoms with van der Waals surface area (Å²) < 4.78 is 17.3. The smallest absolute Gasteiger partial charge is 0.306 e. The number of unbranched alkanes of at least 4 members (excludes halogenated alkanes) is 24. The predicted molar refractivity (Wildman–Crippen MR) is 279 cm³/mol. The molecule has 0 aliphatic rings. The third kappa shape index (κ3) is 51.7. The zero-order chi connectivity index (χ0) is 46.3. The summed E-state index contributed by atoms with van der Waals surface area (Å²) in [4.78, 5) is 25.4. The molecule has 1 atom stereocenters. The van der Waals surface area contributed by atoms with Crippen LogP contribution in [0.4, 0.5) is 0 Å². The van der Waals surface area contributed by atoms with Crippen LogP contribution in [0.1, 0.15) is 252 Å². The molecule has 0 aliphatic carbocycles. The monoisotopic (exact) mass is 891 g/mol. The summed E-state index contributed by atoms with van der Waals surface area (Å²) in [5, 5.41) is 0. The molecule has 0 aromatic heterocycles. The second kappa shape index (κ2) is 54.4. The summed E-state index contributed by atoms with van der Waals surface area (Å²) in [5.74, 6) is -0.449. The first kappa shape index (κ1) is 61.1. The van der Waals surface area contributed by atoms with Gasteiger partial charge in [0.25, 0.3) is 0 Å². The third-order valence-corrected chi connectivity index (χ3v) is 11.4. The van der Waals surface area contributed by atoms with Crippen molar-refractivity contribution in [1.82, 2.24) is 0 Å². The lowest BCUT2D eigenvalue weighted by Gasteiger charge is -2.18. The fourth-order valence-corrected chi connectivity index (χ4v) is 7.44. The van der Waals surface area contributed by atoms with Gasteiger partial charge in [0.2, 0.25) is 0 Å². The van der Waals surface area contributed by atoms with Gasteiger partial charge < -0.3 is 14.2 Å². The molecule has 0 fully saturated rings. The van der Waals surface area contributed by atoms with E-state index in [1.807, 2.05) is 0 Å². The number of ether oxygens (including phenoxy) is 3. The number of hydrogen-bond acceptors (Lipinski definition) is 5. The van der Waals surface area contributed by atoms with Crippen LogP contribution in [-0.4, -0.2) is 37.9 Å². The summed E-state index contributed by atoms with van der Waals surface area (Å²) >= 11 is 0. The Hall–Kier alpha value is -2.92. The normalized spacial score (nSPS) is 12.9. The highest BCUT2D eigenvalue weighted by atomic mass is 16.6. The number of carbonyl (C=O) groups excluding carboxylic acids is 2. The largest absolute Gasteiger partial charge is 0.462 e. The Morgan fingerprint density at radius 2 is 0.734 bits per heavy atom. The zero-order valence-electron chi connectivity index (χ0n) is 42.3. The first-order valence-electron chi connectivity index (χ1n) is 27.1. The van der Waals surface area contributed by atoms with Crippen molar-refractivity contribution in [2.75, 3.05) is 19.8 Å². The van der Waals surface area contributed by atoms with E-state index in [0.29, 0.717) is 19.4 Å². The highest BCUT2D eigenvalue weighted by Crippen LogP contribution is 2.16. The molecule has 0 aliphatic heterocycles. The zero-order valence-corrected chi connectivity index (χ0v) is 42.3. The van der Waals surface area contributed by atoms with Crippen molar-refractivity contribution in [1.29, 1.82) is 0 Å². The summed E-state index contributed by atoms with van der Waals surface area (Å²) in [6.07, 6.45) is 71.9. The summed E-state index contributed by atoms with van der Waals surface area (Å²) in [6.45, 7) is 7.45. The lowest BCUT2D eigenvalue weighted by atomic mass is 10.0. The van der Waals surface area contributed by atoms with Crippen molar-refractivity contribution >= 4 is 11.9 Å². The highest BCUT2D eigenvalue weighted by Gasteiger charge is 2.17. The van der Waals surface area contributed by atoms with Crippen molar-refractivity contribution in [2.24, 2.45) is 0 Å². The minimum Gasteiger partial charge on any atom is -0.462 e. The molecule has 368 valence electrons. The average Bonchev–Trinajstić information content (AvgIpc) is 3.30. The van der Waals surface area contributed by atoms with E-state index in [1.54, 1.807) is 0 Å². The molecule has 0 amide bonds. The third-order valence-electron chi connectivity index (χ3n) is 11.4. The molecule has 0 aromatic carbocycles. The molecule has 0 spiro atoms. The van der Waals surface area contributed by atoms with E-state index in [0.717, 1.165) is 89.9 Å². The molecule has 0 N–H and O–H groups in total. The van der Waals surface area contributed by atoms with E-state index < -0.39 is 6.10 Å². The van der Waals surface area contributed by atoms with E-state index >= 15 is 0 Å². The second-order valence-electron chi connectivity index (χ2n) is 17.8. The van der Waals surface area contributed by atoms with Gasteiger partial charge in [0.15, 0.2) is 6.10 Å². The van der Waals surface area contributed by atoms with Gasteiger partial charge in [-0.1, -0.05) is 247 Å². The number of hydrogen-bond donors (Lipinski definition) is 0. The van der Waals surface area contributed by atoms with Crippen LogP contribution in [-0.2, 0) is 23.8 Å². The van der Waals surface area contributed by atoms with Gasteiger partial charge in [0.1, 0.15) is 6.61 Å². The predicted octanol–water partition coefficient (Wildman–Crippen LogP) is 18.5. The topological polar surface area (TPSA) is 61.8 Å². The van der Waals surface area contributed by atoms with Crippen molar-refractivity contribution in [3.63, 3.8) is 0 Å². The number of allylic oxidation sites excluding steroid dienone is 13. The molecule has 5 heteroatoms. The fraction of sp³-hybridized carbons (Fsp3) is 0.729. The Labute approximate surface area is 397 Å². The lowest BCUT2D eigenvalue weighted by Crippen LogP contribution is -2.30. The Balaban J connectivity index is 4.33. The number of rotatable bonds is 49. The van der Waals surface area contributed by atoms with E-state index in [4.69, 9.17) is 14.2 Å². The van der Waals surface area contributed by atoms with Crippen molar-refractivity contribution < 1.29 is 23.8 Å². The molecule has 0 saturated carbocycles. The van der Waals surface area contributed by atoms with Gasteiger partial charge in [-0.25, -0.2) is 0 Å². The number of esters is 2. The van der Waals surface area contributed by atoms with Crippen LogP contribution in [0.15, 0.2) is 85.1 Å². The fourth-order valence-electron chi connectivity index (χ4n) is 7.44. The molecule has 0 radical (unpaired) electrons. The molecule has 1 unspecified atom stereocenters. The van der Waals surface area contributed by atoms with Gasteiger partial charge in [-0.05, 0) is 77.0 Å². The molecular formula is C59H102O5. The van der Waals surface area contributed by atoms with Crippen LogP contribution >= 0.6 is 0 Å². The van der Waals surface area contributed by atoms with Gasteiger partial charge in [0.05, 0.1) is 13.2 Å². The number of carbonyl (C=O) groups is 2. The molecule has 5 nitrogen and oxygen atoms in total. The Kier molecular flexibility index (Phi) is 51.9. The van der Waals surface area contributed by atoms with Crippen LogP contribution in [0.25, 0.3) is 0 Å². The first-order valence-corrected chi connectivity index (χ1v) is 27.1. The minimum atomic E-state index is -0.585. The van der Waals surface area contributed by atoms with E-state index in [-0.39, 0.29) is 25.2 Å². The maximum Gasteiger partial charge on any atom is 0.306 e. The Morgan fingerprint density at radius 1 is 0.359 bits per heavy atom. The van der Waals surface area contributed by atoms with Crippen LogP contribution in [0.5, 0.6) is 0 Å². The summed E-state index contributed by atoms with van der Waals surface area (Å²) in [6, 6.07) is 0. The van der Waals surface area contributed by atoms with Crippen LogP contribution in [0.2, 0.25) is 0 Å². The van der Waals surface area contributed by atoms with Crippen LogP contribution in [0.3, 0.4) is 0 Å². The molecule has 0 saturated heterocycles. The van der Waals surface area contributed by atoms with Crippen molar-refractivity contribution in [3.05, 3.63) is 85.1 Å². The van der Waals surface area contributed by atoms with Gasteiger partial charge in [0, 0.05) is 12.8 Å². The molecule has 0 rings (SSSR count). The van der Waals surface area contributed by atoms with E-state index in [2.05, 4.69) is 106 Å². The van der Waals surface area contributed by atoms with Gasteiger partial charge in [-0.15, -0.1) is 0 Å². The van der Waals surface area contributed by atoms with Crippen LogP contribution in [0, 0.1) is 0 Å². The SMILES string of the molecule is CC/C=C\C/C=C\C/C=C\C/C=C\C/C=C\CCOCC(COC(=O)CCCCCCCCCCCCCCCCCCCCC)OC(=O)CCCCCCC/C=C\C/C=C\CCC. The molecule has 64 heavy (non-hydrogen) atoms. The minimum absolute atomic E-state index is 0.0489. The maximum absolute atomic E-state index is 12.8. The van der Waals surface area contributed by atoms with Crippen LogP contribution < -0.4 is 0 Å². The maximum atomic E-state index is 12.8.